The molecule has 2 aliphatic heterocycles. The molecule has 0 aliphatic carbocycles. The van der Waals surface area contributed by atoms with Crippen molar-refractivity contribution in [2.75, 3.05) is 50.8 Å². The van der Waals surface area contributed by atoms with Gasteiger partial charge in [0.15, 0.2) is 17.3 Å². The lowest BCUT2D eigenvalue weighted by molar-refractivity contribution is 0.0524. The fourth-order valence-electron chi connectivity index (χ4n) is 3.84. The number of hydrogen-bond acceptors (Lipinski definition) is 7. The fourth-order valence-corrected chi connectivity index (χ4v) is 3.84. The Morgan fingerprint density at radius 2 is 1.93 bits per heavy atom. The Morgan fingerprint density at radius 3 is 2.66 bits per heavy atom. The maximum absolute atomic E-state index is 12.4. The number of ether oxygens (including phenoxy) is 3. The number of aryl methyl sites for hydroxylation is 1. The van der Waals surface area contributed by atoms with Crippen molar-refractivity contribution in [3.8, 4) is 11.5 Å². The molecule has 0 amide bonds. The van der Waals surface area contributed by atoms with Gasteiger partial charge in [-0.1, -0.05) is 12.1 Å². The smallest absolute Gasteiger partial charge is 0.343 e. The SMILES string of the molecule is CCOC(=O)c1c(N2CCN(CC3COc4ccccc4O3)CC2)nn(C)c1C. The molecule has 8 heteroatoms. The second-order valence-electron chi connectivity index (χ2n) is 7.41. The highest BCUT2D eigenvalue weighted by atomic mass is 16.6. The molecule has 0 saturated carbocycles. The van der Waals surface area contributed by atoms with E-state index in [1.54, 1.807) is 4.68 Å². The maximum atomic E-state index is 12.4. The second kappa shape index (κ2) is 8.32. The summed E-state index contributed by atoms with van der Waals surface area (Å²) in [5.41, 5.74) is 1.40. The normalized spacial score (nSPS) is 19.3. The van der Waals surface area contributed by atoms with Gasteiger partial charge < -0.3 is 19.1 Å². The Bertz CT molecular complexity index is 874. The van der Waals surface area contributed by atoms with Crippen LogP contribution in [-0.4, -0.2) is 72.7 Å². The molecular weight excluding hydrogens is 372 g/mol. The van der Waals surface area contributed by atoms with Crippen LogP contribution in [0.25, 0.3) is 0 Å². The number of hydrogen-bond donors (Lipinski definition) is 0. The minimum Gasteiger partial charge on any atom is -0.486 e. The highest BCUT2D eigenvalue weighted by molar-refractivity contribution is 5.96. The molecule has 3 heterocycles. The summed E-state index contributed by atoms with van der Waals surface area (Å²) in [5, 5.41) is 4.58. The summed E-state index contributed by atoms with van der Waals surface area (Å²) in [4.78, 5) is 17.0. The standard InChI is InChI=1S/C21H28N4O4/c1-4-27-21(26)19-15(2)23(3)22-20(19)25-11-9-24(10-12-25)13-16-14-28-17-7-5-6-8-18(17)29-16/h5-8,16H,4,9-14H2,1-3H3. The average molecular weight is 400 g/mol. The Balaban J connectivity index is 1.37. The summed E-state index contributed by atoms with van der Waals surface area (Å²) in [6, 6.07) is 7.78. The van der Waals surface area contributed by atoms with Crippen molar-refractivity contribution in [3.63, 3.8) is 0 Å². The van der Waals surface area contributed by atoms with Crippen molar-refractivity contribution in [2.24, 2.45) is 7.05 Å². The van der Waals surface area contributed by atoms with E-state index in [-0.39, 0.29) is 12.1 Å². The first-order chi connectivity index (χ1) is 14.1. The molecule has 1 unspecified atom stereocenters. The predicted molar refractivity (Wildman–Crippen MR) is 109 cm³/mol. The van der Waals surface area contributed by atoms with E-state index in [1.807, 2.05) is 45.2 Å². The van der Waals surface area contributed by atoms with Gasteiger partial charge in [0.25, 0.3) is 0 Å². The number of esters is 1. The Morgan fingerprint density at radius 1 is 1.21 bits per heavy atom. The Labute approximate surface area is 170 Å². The third-order valence-corrected chi connectivity index (χ3v) is 5.50. The van der Waals surface area contributed by atoms with Gasteiger partial charge in [0.2, 0.25) is 0 Å². The summed E-state index contributed by atoms with van der Waals surface area (Å²) in [5.74, 6) is 2.03. The van der Waals surface area contributed by atoms with Gasteiger partial charge in [0, 0.05) is 39.8 Å². The monoisotopic (exact) mass is 400 g/mol. The van der Waals surface area contributed by atoms with Gasteiger partial charge in [-0.2, -0.15) is 5.10 Å². The summed E-state index contributed by atoms with van der Waals surface area (Å²) < 4.78 is 18.9. The number of nitrogens with zero attached hydrogens (tertiary/aromatic N) is 4. The number of para-hydroxylation sites is 2. The second-order valence-corrected chi connectivity index (χ2v) is 7.41. The van der Waals surface area contributed by atoms with E-state index in [1.165, 1.54) is 0 Å². The van der Waals surface area contributed by atoms with Crippen molar-refractivity contribution in [2.45, 2.75) is 20.0 Å². The molecule has 0 spiro atoms. The molecule has 8 nitrogen and oxygen atoms in total. The van der Waals surface area contributed by atoms with Crippen LogP contribution in [0.1, 0.15) is 23.0 Å². The molecule has 1 saturated heterocycles. The molecule has 2 aromatic rings. The number of anilines is 1. The zero-order valence-electron chi connectivity index (χ0n) is 17.3. The molecule has 2 aliphatic rings. The van der Waals surface area contributed by atoms with Crippen molar-refractivity contribution < 1.29 is 19.0 Å². The quantitative estimate of drug-likeness (QED) is 0.710. The number of fused-ring (bicyclic) bond motifs is 1. The summed E-state index contributed by atoms with van der Waals surface area (Å²) in [7, 11) is 1.86. The Hall–Kier alpha value is -2.74. The molecule has 4 rings (SSSR count). The van der Waals surface area contributed by atoms with Crippen LogP contribution < -0.4 is 14.4 Å². The van der Waals surface area contributed by atoms with E-state index in [0.717, 1.165) is 49.9 Å². The third kappa shape index (κ3) is 4.03. The summed E-state index contributed by atoms with van der Waals surface area (Å²) >= 11 is 0. The van der Waals surface area contributed by atoms with Crippen molar-refractivity contribution in [3.05, 3.63) is 35.5 Å². The fraction of sp³-hybridized carbons (Fsp3) is 0.524. The van der Waals surface area contributed by atoms with Crippen LogP contribution in [0, 0.1) is 6.92 Å². The van der Waals surface area contributed by atoms with Gasteiger partial charge in [0.05, 0.1) is 12.3 Å². The number of piperazine rings is 1. The Kier molecular flexibility index (Phi) is 5.62. The molecule has 1 atom stereocenters. The van der Waals surface area contributed by atoms with Gasteiger partial charge >= 0.3 is 5.97 Å². The van der Waals surface area contributed by atoms with Gasteiger partial charge in [-0.3, -0.25) is 9.58 Å². The maximum Gasteiger partial charge on any atom is 0.343 e. The number of rotatable bonds is 5. The number of carbonyl (C=O) groups is 1. The predicted octanol–water partition coefficient (Wildman–Crippen LogP) is 1.87. The van der Waals surface area contributed by atoms with E-state index in [4.69, 9.17) is 14.2 Å². The minimum absolute atomic E-state index is 0.0173. The van der Waals surface area contributed by atoms with Crippen LogP contribution in [0.3, 0.4) is 0 Å². The molecule has 1 aromatic carbocycles. The third-order valence-electron chi connectivity index (χ3n) is 5.50. The van der Waals surface area contributed by atoms with Crippen molar-refractivity contribution >= 4 is 11.8 Å². The zero-order valence-corrected chi connectivity index (χ0v) is 17.3. The lowest BCUT2D eigenvalue weighted by Crippen LogP contribution is -2.51. The summed E-state index contributed by atoms with van der Waals surface area (Å²) in [6.45, 7) is 8.79. The zero-order chi connectivity index (χ0) is 20.4. The van der Waals surface area contributed by atoms with Crippen molar-refractivity contribution in [1.29, 1.82) is 0 Å². The van der Waals surface area contributed by atoms with Gasteiger partial charge in [0.1, 0.15) is 18.3 Å². The first-order valence-electron chi connectivity index (χ1n) is 10.1. The van der Waals surface area contributed by atoms with Crippen LogP contribution in [-0.2, 0) is 11.8 Å². The van der Waals surface area contributed by atoms with Crippen LogP contribution >= 0.6 is 0 Å². The number of carbonyl (C=O) groups excluding carboxylic acids is 1. The van der Waals surface area contributed by atoms with E-state index in [2.05, 4.69) is 14.9 Å². The molecular formula is C21H28N4O4. The number of benzene rings is 1. The molecule has 1 fully saturated rings. The van der Waals surface area contributed by atoms with E-state index in [9.17, 15) is 4.79 Å². The lowest BCUT2D eigenvalue weighted by atomic mass is 10.2. The molecule has 0 radical (unpaired) electrons. The molecule has 1 aromatic heterocycles. The van der Waals surface area contributed by atoms with Crippen LogP contribution in [0.5, 0.6) is 11.5 Å². The first kappa shape index (κ1) is 19.6. The lowest BCUT2D eigenvalue weighted by Gasteiger charge is -2.37. The van der Waals surface area contributed by atoms with Crippen LogP contribution in [0.4, 0.5) is 5.82 Å². The summed E-state index contributed by atoms with van der Waals surface area (Å²) in [6.07, 6.45) is 0.0173. The average Bonchev–Trinajstić information content (AvgIpc) is 3.03. The van der Waals surface area contributed by atoms with Gasteiger partial charge in [-0.25, -0.2) is 4.79 Å². The highest BCUT2D eigenvalue weighted by Gasteiger charge is 2.29. The largest absolute Gasteiger partial charge is 0.486 e. The topological polar surface area (TPSA) is 69.1 Å². The van der Waals surface area contributed by atoms with E-state index >= 15 is 0 Å². The molecule has 0 bridgehead atoms. The van der Waals surface area contributed by atoms with Gasteiger partial charge in [-0.05, 0) is 26.0 Å². The molecule has 156 valence electrons. The van der Waals surface area contributed by atoms with E-state index in [0.29, 0.717) is 24.6 Å². The number of aromatic nitrogens is 2. The van der Waals surface area contributed by atoms with Crippen LogP contribution in [0.2, 0.25) is 0 Å². The highest BCUT2D eigenvalue weighted by Crippen LogP contribution is 2.31. The van der Waals surface area contributed by atoms with Crippen molar-refractivity contribution in [1.82, 2.24) is 14.7 Å². The molecule has 0 N–H and O–H groups in total. The first-order valence-corrected chi connectivity index (χ1v) is 10.1. The molecule has 29 heavy (non-hydrogen) atoms. The van der Waals surface area contributed by atoms with E-state index < -0.39 is 0 Å². The van der Waals surface area contributed by atoms with Crippen LogP contribution in [0.15, 0.2) is 24.3 Å². The van der Waals surface area contributed by atoms with Gasteiger partial charge in [-0.15, -0.1) is 0 Å². The minimum atomic E-state index is -0.304.